The molecule has 2 aliphatic carbocycles. The SMILES string of the molecule is CC(C)(C)OC(=O)NC1(c2ccc(-n3c(-c4ccccc4)nc4ccc(N5CCOCC5)nc43)cc2)CCC1.CC(C)(C)OC(=O)NC1(c2ccc(Nc3nc(N4CCOCC4)ccc3[N+](=O)[O-])cc2)CCC1. The monoisotopic (exact) mass is 995 g/mol. The van der Waals surface area contributed by atoms with Crippen molar-refractivity contribution in [2.45, 2.75) is 102 Å². The van der Waals surface area contributed by atoms with E-state index in [0.29, 0.717) is 51.0 Å². The van der Waals surface area contributed by atoms with Gasteiger partial charge < -0.3 is 44.7 Å². The Kier molecular flexibility index (Phi) is 14.6. The van der Waals surface area contributed by atoms with Crippen molar-refractivity contribution in [2.75, 3.05) is 67.7 Å². The summed E-state index contributed by atoms with van der Waals surface area (Å²) < 4.78 is 24.1. The molecule has 0 spiro atoms. The van der Waals surface area contributed by atoms with Crippen LogP contribution in [0.3, 0.4) is 0 Å². The molecular weight excluding hydrogens is 929 g/mol. The van der Waals surface area contributed by atoms with Gasteiger partial charge in [0.15, 0.2) is 5.65 Å². The fourth-order valence-corrected chi connectivity index (χ4v) is 9.56. The van der Waals surface area contributed by atoms with Gasteiger partial charge in [-0.25, -0.2) is 24.5 Å². The Morgan fingerprint density at radius 3 is 1.60 bits per heavy atom. The van der Waals surface area contributed by atoms with Crippen molar-refractivity contribution in [3.63, 3.8) is 0 Å². The van der Waals surface area contributed by atoms with E-state index in [4.69, 9.17) is 28.9 Å². The number of carbonyl (C=O) groups is 2. The lowest BCUT2D eigenvalue weighted by molar-refractivity contribution is -0.384. The number of alkyl carbamates (subject to hydrolysis) is 2. The number of hydrogen-bond acceptors (Lipinski definition) is 14. The standard InChI is InChI=1S/C31H35N5O3.C24H31N5O5/c1-30(2,3)39-29(37)34-31(16-7-17-31)23-10-12-24(13-11-23)36-27(22-8-5-4-6-9-22)32-25-14-15-26(33-28(25)36)35-18-20-38-21-19-35;1-23(2,3)34-22(30)27-24(11-4-12-24)17-5-7-18(8-6-17)25-21-19(29(31)32)9-10-20(26-21)28-13-15-33-16-14-28/h4-6,8-15H,7,16-21H2,1-3H3,(H,34,37);5-10H,4,11-16H2,1-3H3,(H,25,26)(H,27,30). The molecule has 3 aromatic heterocycles. The Morgan fingerprint density at radius 2 is 1.12 bits per heavy atom. The molecule has 0 bridgehead atoms. The number of ether oxygens (including phenoxy) is 4. The van der Waals surface area contributed by atoms with Gasteiger partial charge in [0, 0.05) is 49.2 Å². The summed E-state index contributed by atoms with van der Waals surface area (Å²) in [5.41, 5.74) is 4.32. The number of nitrogens with zero attached hydrogens (tertiary/aromatic N) is 7. The zero-order chi connectivity index (χ0) is 51.4. The second kappa shape index (κ2) is 21.0. The maximum atomic E-state index is 12.6. The molecule has 3 aromatic carbocycles. The Hall–Kier alpha value is -7.31. The van der Waals surface area contributed by atoms with Crippen molar-refractivity contribution in [1.82, 2.24) is 30.2 Å². The molecule has 5 heterocycles. The first-order valence-corrected chi connectivity index (χ1v) is 25.2. The van der Waals surface area contributed by atoms with Gasteiger partial charge in [-0.05, 0) is 134 Å². The van der Waals surface area contributed by atoms with Crippen LogP contribution in [0.5, 0.6) is 0 Å². The van der Waals surface area contributed by atoms with Gasteiger partial charge in [0.1, 0.15) is 34.2 Å². The van der Waals surface area contributed by atoms with Crippen molar-refractivity contribution in [3.8, 4) is 17.1 Å². The lowest BCUT2D eigenvalue weighted by Crippen LogP contribution is -2.52. The fraction of sp³-hybridized carbons (Fsp3) is 0.436. The maximum Gasteiger partial charge on any atom is 0.408 e. The van der Waals surface area contributed by atoms with Gasteiger partial charge in [0.25, 0.3) is 0 Å². The van der Waals surface area contributed by atoms with Gasteiger partial charge in [-0.1, -0.05) is 54.6 Å². The number of fused-ring (bicyclic) bond motifs is 1. The average Bonchev–Trinajstić information content (AvgIpc) is 3.73. The second-order valence-corrected chi connectivity index (χ2v) is 21.0. The smallest absolute Gasteiger partial charge is 0.408 e. The summed E-state index contributed by atoms with van der Waals surface area (Å²) in [6, 6.07) is 33.4. The highest BCUT2D eigenvalue weighted by atomic mass is 16.6. The molecular formula is C55H66N10O8. The van der Waals surface area contributed by atoms with Gasteiger partial charge in [-0.3, -0.25) is 14.7 Å². The molecule has 2 saturated carbocycles. The van der Waals surface area contributed by atoms with Gasteiger partial charge >= 0.3 is 17.9 Å². The van der Waals surface area contributed by atoms with E-state index in [0.717, 1.165) is 96.8 Å². The van der Waals surface area contributed by atoms with Crippen molar-refractivity contribution in [2.24, 2.45) is 0 Å². The topological polar surface area (TPSA) is 200 Å². The van der Waals surface area contributed by atoms with Gasteiger partial charge in [0.05, 0.1) is 42.4 Å². The summed E-state index contributed by atoms with van der Waals surface area (Å²) in [6.45, 7) is 16.8. The zero-order valence-corrected chi connectivity index (χ0v) is 42.6. The number of benzene rings is 3. The molecule has 18 nitrogen and oxygen atoms in total. The first-order valence-electron chi connectivity index (χ1n) is 25.2. The molecule has 2 aliphatic heterocycles. The van der Waals surface area contributed by atoms with E-state index in [1.54, 1.807) is 6.07 Å². The van der Waals surface area contributed by atoms with Crippen LogP contribution in [0.4, 0.5) is 38.4 Å². The number of carbonyl (C=O) groups excluding carboxylic acids is 2. The van der Waals surface area contributed by atoms with Crippen LogP contribution in [0.15, 0.2) is 103 Å². The molecule has 10 rings (SSSR count). The third-order valence-electron chi connectivity index (χ3n) is 13.5. The van der Waals surface area contributed by atoms with E-state index in [1.165, 1.54) is 6.07 Å². The van der Waals surface area contributed by atoms with E-state index in [9.17, 15) is 19.7 Å². The summed E-state index contributed by atoms with van der Waals surface area (Å²) in [6.07, 6.45) is 4.70. The van der Waals surface area contributed by atoms with Crippen LogP contribution < -0.4 is 25.8 Å². The fourth-order valence-electron chi connectivity index (χ4n) is 9.56. The molecule has 384 valence electrons. The lowest BCUT2D eigenvalue weighted by atomic mass is 9.72. The number of nitrogens with one attached hydrogen (secondary N) is 3. The quantitative estimate of drug-likeness (QED) is 0.0818. The molecule has 3 N–H and O–H groups in total. The van der Waals surface area contributed by atoms with Crippen LogP contribution in [0.25, 0.3) is 28.2 Å². The predicted molar refractivity (Wildman–Crippen MR) is 281 cm³/mol. The Morgan fingerprint density at radius 1 is 0.630 bits per heavy atom. The predicted octanol–water partition coefficient (Wildman–Crippen LogP) is 10.3. The first kappa shape index (κ1) is 50.6. The zero-order valence-electron chi connectivity index (χ0n) is 42.6. The van der Waals surface area contributed by atoms with Crippen LogP contribution in [0.2, 0.25) is 0 Å². The maximum absolute atomic E-state index is 12.6. The highest BCUT2D eigenvalue weighted by Gasteiger charge is 2.42. The number of pyridine rings is 2. The summed E-state index contributed by atoms with van der Waals surface area (Å²) >= 11 is 0. The Balaban J connectivity index is 0.000000182. The van der Waals surface area contributed by atoms with Crippen molar-refractivity contribution < 1.29 is 33.5 Å². The normalized spacial score (nSPS) is 17.2. The summed E-state index contributed by atoms with van der Waals surface area (Å²) in [4.78, 5) is 55.1. The van der Waals surface area contributed by atoms with Crippen LogP contribution >= 0.6 is 0 Å². The Labute approximate surface area is 425 Å². The molecule has 6 aromatic rings. The summed E-state index contributed by atoms with van der Waals surface area (Å²) in [5.74, 6) is 2.63. The third-order valence-corrected chi connectivity index (χ3v) is 13.5. The number of hydrogen-bond donors (Lipinski definition) is 3. The molecule has 0 radical (unpaired) electrons. The molecule has 18 heteroatoms. The molecule has 73 heavy (non-hydrogen) atoms. The van der Waals surface area contributed by atoms with E-state index in [1.807, 2.05) is 95.0 Å². The van der Waals surface area contributed by atoms with E-state index < -0.39 is 33.3 Å². The number of imidazole rings is 1. The highest BCUT2D eigenvalue weighted by molar-refractivity contribution is 5.82. The van der Waals surface area contributed by atoms with Crippen LogP contribution in [0.1, 0.15) is 91.2 Å². The van der Waals surface area contributed by atoms with Crippen molar-refractivity contribution >= 4 is 52.2 Å². The van der Waals surface area contributed by atoms with E-state index in [-0.39, 0.29) is 17.6 Å². The molecule has 4 fully saturated rings. The number of aromatic nitrogens is 4. The average molecular weight is 995 g/mol. The molecule has 0 unspecified atom stereocenters. The van der Waals surface area contributed by atoms with E-state index in [2.05, 4.69) is 72.9 Å². The minimum Gasteiger partial charge on any atom is -0.444 e. The van der Waals surface area contributed by atoms with Crippen molar-refractivity contribution in [1.29, 1.82) is 0 Å². The second-order valence-electron chi connectivity index (χ2n) is 21.0. The Bertz CT molecular complexity index is 2900. The number of morpholine rings is 2. The number of rotatable bonds is 11. The van der Waals surface area contributed by atoms with Gasteiger partial charge in [-0.2, -0.15) is 0 Å². The van der Waals surface area contributed by atoms with E-state index >= 15 is 0 Å². The minimum atomic E-state index is -0.569. The van der Waals surface area contributed by atoms with Gasteiger partial charge in [-0.15, -0.1) is 0 Å². The number of amides is 2. The van der Waals surface area contributed by atoms with Crippen LogP contribution in [-0.2, 0) is 30.0 Å². The van der Waals surface area contributed by atoms with Gasteiger partial charge in [0.2, 0.25) is 5.82 Å². The minimum absolute atomic E-state index is 0.0943. The van der Waals surface area contributed by atoms with Crippen LogP contribution in [-0.4, -0.2) is 100 Å². The molecule has 2 saturated heterocycles. The summed E-state index contributed by atoms with van der Waals surface area (Å²) in [7, 11) is 0. The lowest BCUT2D eigenvalue weighted by Gasteiger charge is -2.43. The summed E-state index contributed by atoms with van der Waals surface area (Å²) in [5, 5.41) is 20.9. The first-order chi connectivity index (χ1) is 35.0. The molecule has 2 amide bonds. The largest absolute Gasteiger partial charge is 0.444 e. The molecule has 0 atom stereocenters. The molecule has 4 aliphatic rings. The van der Waals surface area contributed by atoms with Crippen molar-refractivity contribution in [3.05, 3.63) is 124 Å². The number of nitro groups is 1. The number of anilines is 4. The highest BCUT2D eigenvalue weighted by Crippen LogP contribution is 2.43. The van der Waals surface area contributed by atoms with Crippen LogP contribution in [0, 0.1) is 10.1 Å². The third kappa shape index (κ3) is 11.8.